The van der Waals surface area contributed by atoms with E-state index in [1.165, 1.54) is 0 Å². The molecule has 0 atom stereocenters. The molecular weight excluding hydrogens is 408 g/mol. The minimum Gasteiger partial charge on any atom is -0.497 e. The lowest BCUT2D eigenvalue weighted by atomic mass is 10.2. The molecule has 0 amide bonds. The van der Waals surface area contributed by atoms with Crippen LogP contribution >= 0.6 is 0 Å². The second-order valence-corrected chi connectivity index (χ2v) is 7.13. The van der Waals surface area contributed by atoms with Crippen LogP contribution in [0.15, 0.2) is 60.0 Å². The lowest BCUT2D eigenvalue weighted by Crippen LogP contribution is -2.37. The normalized spacial score (nSPS) is 14.2. The fourth-order valence-corrected chi connectivity index (χ4v) is 3.45. The Bertz CT molecular complexity index is 1240. The Morgan fingerprint density at radius 1 is 1.09 bits per heavy atom. The standard InChI is InChI=1S/C22H22N8O2/c1-31-18-4-2-3-16(13-18)15-24-27-19-14-20(29-9-11-32-12-10-29)30-22(25-19)26-21(28-30)17-5-7-23-8-6-17/h2-8,13-15H,9-12H2,1H3,(H,25,26,27,28)/b24-15+. The molecule has 10 nitrogen and oxygen atoms in total. The van der Waals surface area contributed by atoms with Crippen molar-refractivity contribution >= 4 is 23.6 Å². The summed E-state index contributed by atoms with van der Waals surface area (Å²) in [7, 11) is 1.64. The molecule has 0 spiro atoms. The number of aromatic nitrogens is 5. The third-order valence-electron chi connectivity index (χ3n) is 5.05. The molecule has 3 aromatic heterocycles. The topological polar surface area (TPSA) is 102 Å². The molecule has 1 aliphatic heterocycles. The molecule has 0 aliphatic carbocycles. The van der Waals surface area contributed by atoms with Crippen molar-refractivity contribution in [3.63, 3.8) is 0 Å². The van der Waals surface area contributed by atoms with Gasteiger partial charge in [-0.05, 0) is 29.8 Å². The summed E-state index contributed by atoms with van der Waals surface area (Å²) >= 11 is 0. The molecule has 1 saturated heterocycles. The number of hydrazone groups is 1. The number of pyridine rings is 1. The maximum absolute atomic E-state index is 5.51. The average Bonchev–Trinajstić information content (AvgIpc) is 3.29. The van der Waals surface area contributed by atoms with E-state index in [1.807, 2.05) is 42.5 Å². The largest absolute Gasteiger partial charge is 0.497 e. The molecular formula is C22H22N8O2. The first-order valence-electron chi connectivity index (χ1n) is 10.2. The van der Waals surface area contributed by atoms with Gasteiger partial charge < -0.3 is 14.4 Å². The molecule has 0 radical (unpaired) electrons. The smallest absolute Gasteiger partial charge is 0.256 e. The van der Waals surface area contributed by atoms with E-state index in [0.29, 0.717) is 30.6 Å². The zero-order valence-corrected chi connectivity index (χ0v) is 17.5. The molecule has 1 aliphatic rings. The van der Waals surface area contributed by atoms with Crippen molar-refractivity contribution in [1.29, 1.82) is 0 Å². The number of hydrogen-bond acceptors (Lipinski definition) is 9. The summed E-state index contributed by atoms with van der Waals surface area (Å²) in [5, 5.41) is 9.04. The number of ether oxygens (including phenoxy) is 2. The number of anilines is 2. The summed E-state index contributed by atoms with van der Waals surface area (Å²) < 4.78 is 12.5. The SMILES string of the molecule is COc1cccc(/C=N/Nc2cc(N3CCOCC3)n3nc(-c4ccncc4)nc3n2)c1. The molecule has 5 rings (SSSR count). The number of rotatable bonds is 6. The molecule has 162 valence electrons. The number of methoxy groups -OCH3 is 1. The van der Waals surface area contributed by atoms with Crippen molar-refractivity contribution in [3.05, 3.63) is 60.4 Å². The van der Waals surface area contributed by atoms with Crippen molar-refractivity contribution in [2.75, 3.05) is 43.7 Å². The lowest BCUT2D eigenvalue weighted by molar-refractivity contribution is 0.122. The van der Waals surface area contributed by atoms with Crippen molar-refractivity contribution in [1.82, 2.24) is 24.6 Å². The van der Waals surface area contributed by atoms with Gasteiger partial charge in [0.25, 0.3) is 5.78 Å². The van der Waals surface area contributed by atoms with Crippen molar-refractivity contribution in [2.24, 2.45) is 5.10 Å². The molecule has 4 aromatic rings. The second-order valence-electron chi connectivity index (χ2n) is 7.13. The zero-order valence-electron chi connectivity index (χ0n) is 17.5. The Labute approximate surface area is 184 Å². The van der Waals surface area contributed by atoms with Gasteiger partial charge in [0, 0.05) is 37.1 Å². The van der Waals surface area contributed by atoms with E-state index in [0.717, 1.165) is 35.8 Å². The first-order chi connectivity index (χ1) is 15.8. The fraction of sp³-hybridized carbons (Fsp3) is 0.227. The highest BCUT2D eigenvalue weighted by Gasteiger charge is 2.19. The number of benzene rings is 1. The quantitative estimate of drug-likeness (QED) is 0.368. The molecule has 4 heterocycles. The maximum atomic E-state index is 5.51. The predicted molar refractivity (Wildman–Crippen MR) is 121 cm³/mol. The van der Waals surface area contributed by atoms with E-state index in [1.54, 1.807) is 30.2 Å². The van der Waals surface area contributed by atoms with Crippen LogP contribution in [0, 0.1) is 0 Å². The third-order valence-corrected chi connectivity index (χ3v) is 5.05. The van der Waals surface area contributed by atoms with Crippen LogP contribution in [-0.4, -0.2) is 64.2 Å². The van der Waals surface area contributed by atoms with Crippen LogP contribution < -0.4 is 15.1 Å². The van der Waals surface area contributed by atoms with Crippen LogP contribution in [0.1, 0.15) is 5.56 Å². The van der Waals surface area contributed by atoms with Gasteiger partial charge in [-0.2, -0.15) is 19.6 Å². The van der Waals surface area contributed by atoms with Gasteiger partial charge in [0.05, 0.1) is 26.5 Å². The molecule has 0 saturated carbocycles. The van der Waals surface area contributed by atoms with Crippen molar-refractivity contribution in [2.45, 2.75) is 0 Å². The molecule has 1 N–H and O–H groups in total. The van der Waals surface area contributed by atoms with Crippen LogP contribution in [0.5, 0.6) is 5.75 Å². The van der Waals surface area contributed by atoms with E-state index in [2.05, 4.69) is 30.4 Å². The monoisotopic (exact) mass is 430 g/mol. The summed E-state index contributed by atoms with van der Waals surface area (Å²) in [4.78, 5) is 15.5. The number of hydrogen-bond donors (Lipinski definition) is 1. The van der Waals surface area contributed by atoms with Crippen LogP contribution in [0.4, 0.5) is 11.6 Å². The lowest BCUT2D eigenvalue weighted by Gasteiger charge is -2.28. The number of nitrogens with zero attached hydrogens (tertiary/aromatic N) is 7. The molecule has 1 aromatic carbocycles. The highest BCUT2D eigenvalue weighted by molar-refractivity contribution is 5.80. The summed E-state index contributed by atoms with van der Waals surface area (Å²) in [5.41, 5.74) is 4.81. The molecule has 0 bridgehead atoms. The Kier molecular flexibility index (Phi) is 5.58. The number of fused-ring (bicyclic) bond motifs is 1. The van der Waals surface area contributed by atoms with Crippen molar-refractivity contribution in [3.8, 4) is 17.1 Å². The molecule has 32 heavy (non-hydrogen) atoms. The maximum Gasteiger partial charge on any atom is 0.256 e. The summed E-state index contributed by atoms with van der Waals surface area (Å²) in [6.07, 6.45) is 5.16. The minimum absolute atomic E-state index is 0.486. The highest BCUT2D eigenvalue weighted by Crippen LogP contribution is 2.23. The van der Waals surface area contributed by atoms with E-state index in [4.69, 9.17) is 14.6 Å². The van der Waals surface area contributed by atoms with Crippen LogP contribution in [0.25, 0.3) is 17.2 Å². The van der Waals surface area contributed by atoms with Crippen LogP contribution in [0.3, 0.4) is 0 Å². The second kappa shape index (κ2) is 8.98. The van der Waals surface area contributed by atoms with Gasteiger partial charge >= 0.3 is 0 Å². The summed E-state index contributed by atoms with van der Waals surface area (Å²) in [6.45, 7) is 2.84. The van der Waals surface area contributed by atoms with Gasteiger partial charge in [-0.25, -0.2) is 0 Å². The highest BCUT2D eigenvalue weighted by atomic mass is 16.5. The number of nitrogens with one attached hydrogen (secondary N) is 1. The molecule has 10 heteroatoms. The van der Waals surface area contributed by atoms with E-state index in [-0.39, 0.29) is 0 Å². The number of morpholine rings is 1. The Hall–Kier alpha value is -4.05. The van der Waals surface area contributed by atoms with E-state index in [9.17, 15) is 0 Å². The van der Waals surface area contributed by atoms with Crippen LogP contribution in [0.2, 0.25) is 0 Å². The Morgan fingerprint density at radius 2 is 1.94 bits per heavy atom. The van der Waals surface area contributed by atoms with Gasteiger partial charge in [-0.1, -0.05) is 12.1 Å². The first kappa shape index (κ1) is 19.9. The molecule has 1 fully saturated rings. The zero-order chi connectivity index (χ0) is 21.8. The van der Waals surface area contributed by atoms with Gasteiger partial charge in [0.1, 0.15) is 11.6 Å². The van der Waals surface area contributed by atoms with Crippen molar-refractivity contribution < 1.29 is 9.47 Å². The van der Waals surface area contributed by atoms with E-state index >= 15 is 0 Å². The third kappa shape index (κ3) is 4.21. The minimum atomic E-state index is 0.486. The Morgan fingerprint density at radius 3 is 2.75 bits per heavy atom. The van der Waals surface area contributed by atoms with Crippen LogP contribution in [-0.2, 0) is 4.74 Å². The van der Waals surface area contributed by atoms with Gasteiger partial charge in [-0.3, -0.25) is 10.4 Å². The van der Waals surface area contributed by atoms with E-state index < -0.39 is 0 Å². The fourth-order valence-electron chi connectivity index (χ4n) is 3.45. The summed E-state index contributed by atoms with van der Waals surface area (Å²) in [5.74, 6) is 3.30. The first-order valence-corrected chi connectivity index (χ1v) is 10.2. The summed E-state index contributed by atoms with van der Waals surface area (Å²) in [6, 6.07) is 13.3. The predicted octanol–water partition coefficient (Wildman–Crippen LogP) is 2.48. The Balaban J connectivity index is 1.48. The van der Waals surface area contributed by atoms with Gasteiger partial charge in [0.2, 0.25) is 0 Å². The molecule has 0 unspecified atom stereocenters. The average molecular weight is 430 g/mol. The van der Waals surface area contributed by atoms with Gasteiger partial charge in [0.15, 0.2) is 11.6 Å². The van der Waals surface area contributed by atoms with Gasteiger partial charge in [-0.15, -0.1) is 5.10 Å².